The van der Waals surface area contributed by atoms with Crippen LogP contribution in [0.15, 0.2) is 12.7 Å². The summed E-state index contributed by atoms with van der Waals surface area (Å²) in [5.74, 6) is 0.344. The lowest BCUT2D eigenvalue weighted by molar-refractivity contribution is -0.137. The van der Waals surface area contributed by atoms with Gasteiger partial charge < -0.3 is 50.9 Å². The first-order valence-corrected chi connectivity index (χ1v) is 20.3. The number of hydrogen-bond acceptors (Lipinski definition) is 17. The summed E-state index contributed by atoms with van der Waals surface area (Å²) in [6, 6.07) is 0. The molecule has 50 heavy (non-hydrogen) atoms. The third-order valence-electron chi connectivity index (χ3n) is 6.85. The molecule has 27 heteroatoms. The number of carbonyl (C=O) groups excluding carboxylic acids is 2. The number of aliphatic hydroxyl groups is 2. The highest BCUT2D eigenvalue weighted by Gasteiger charge is 2.50. The molecule has 0 saturated carbocycles. The van der Waals surface area contributed by atoms with Gasteiger partial charge in [0.1, 0.15) is 36.3 Å². The van der Waals surface area contributed by atoms with Gasteiger partial charge in [-0.05, 0) is 5.75 Å². The van der Waals surface area contributed by atoms with E-state index in [0.717, 1.165) is 28.7 Å². The van der Waals surface area contributed by atoms with Crippen molar-refractivity contribution in [2.45, 2.75) is 57.8 Å². The smallest absolute Gasteiger partial charge is 0.386 e. The lowest BCUT2D eigenvalue weighted by atomic mass is 9.87. The normalized spacial score (nSPS) is 22.9. The molecule has 0 aliphatic carbocycles. The molecule has 10 N–H and O–H groups in total. The predicted octanol–water partition coefficient (Wildman–Crippen LogP) is -0.842. The highest BCUT2D eigenvalue weighted by atomic mass is 32.2. The molecule has 0 bridgehead atoms. The van der Waals surface area contributed by atoms with Gasteiger partial charge in [0.05, 0.1) is 19.5 Å². The van der Waals surface area contributed by atoms with Crippen LogP contribution >= 0.6 is 35.2 Å². The third kappa shape index (κ3) is 12.2. The van der Waals surface area contributed by atoms with Crippen molar-refractivity contribution < 1.29 is 75.7 Å². The standard InChI is InChI=1S/C23H40N7O16P3S/c1-4-50-8-7-25-14(31)5-6-26-21(34)18(33)23(2,3)10-43-49(40,41)46-48(38,39)42-9-13-17(45-47(35,36)37)16(32)22(44-13)30-12-29-15-19(24)27-11-28-20(15)30/h11-13,16-18,22,32-33H,4-10H2,1-3H3,(H,25,31)(H,26,34)(H,38,39)(H,40,41)(H2,24,27,28)(H2,35,36,37)/t13-,16-,17-,18?,22-/m1/s1. The maximum Gasteiger partial charge on any atom is 0.481 e. The van der Waals surface area contributed by atoms with E-state index in [2.05, 4.69) is 34.4 Å². The molecule has 1 aliphatic rings. The Morgan fingerprint density at radius 3 is 2.44 bits per heavy atom. The first-order chi connectivity index (χ1) is 23.2. The van der Waals surface area contributed by atoms with Crippen LogP contribution in [0.1, 0.15) is 33.4 Å². The number of imidazole rings is 1. The molecule has 0 spiro atoms. The Morgan fingerprint density at radius 2 is 1.78 bits per heavy atom. The van der Waals surface area contributed by atoms with Crippen molar-refractivity contribution in [3.8, 4) is 0 Å². The van der Waals surface area contributed by atoms with Crippen LogP contribution in [0.3, 0.4) is 0 Å². The second kappa shape index (κ2) is 17.6. The van der Waals surface area contributed by atoms with Gasteiger partial charge in [0.25, 0.3) is 0 Å². The van der Waals surface area contributed by atoms with Crippen LogP contribution in [-0.4, -0.2) is 123 Å². The number of thioether (sulfide) groups is 1. The highest BCUT2D eigenvalue weighted by Crippen LogP contribution is 2.61. The molecule has 0 radical (unpaired) electrons. The number of fused-ring (bicyclic) bond motifs is 1. The van der Waals surface area contributed by atoms with Crippen molar-refractivity contribution in [1.29, 1.82) is 0 Å². The predicted molar refractivity (Wildman–Crippen MR) is 173 cm³/mol. The van der Waals surface area contributed by atoms with Crippen LogP contribution in [0.4, 0.5) is 5.82 Å². The zero-order valence-corrected chi connectivity index (χ0v) is 30.4. The molecule has 1 fully saturated rings. The molecule has 2 aromatic rings. The molecule has 23 nitrogen and oxygen atoms in total. The fraction of sp³-hybridized carbons (Fsp3) is 0.696. The first-order valence-electron chi connectivity index (χ1n) is 14.6. The summed E-state index contributed by atoms with van der Waals surface area (Å²) in [5.41, 5.74) is 4.32. The Kier molecular flexibility index (Phi) is 14.9. The van der Waals surface area contributed by atoms with Gasteiger partial charge in [0.15, 0.2) is 17.7 Å². The van der Waals surface area contributed by atoms with E-state index in [1.165, 1.54) is 13.8 Å². The second-order valence-corrected chi connectivity index (χ2v) is 16.9. The number of amides is 2. The van der Waals surface area contributed by atoms with E-state index in [0.29, 0.717) is 6.54 Å². The average molecular weight is 796 g/mol. The number of aliphatic hydroxyl groups excluding tert-OH is 2. The minimum Gasteiger partial charge on any atom is -0.386 e. The van der Waals surface area contributed by atoms with E-state index >= 15 is 0 Å². The maximum atomic E-state index is 12.6. The zero-order valence-electron chi connectivity index (χ0n) is 26.9. The number of ether oxygens (including phenoxy) is 1. The number of carbonyl (C=O) groups is 2. The molecule has 3 heterocycles. The van der Waals surface area contributed by atoms with E-state index in [4.69, 9.17) is 19.5 Å². The van der Waals surface area contributed by atoms with Crippen LogP contribution in [0.5, 0.6) is 0 Å². The number of nitrogens with two attached hydrogens (primary N) is 1. The summed E-state index contributed by atoms with van der Waals surface area (Å²) in [5, 5.41) is 26.4. The minimum atomic E-state index is -5.54. The molecule has 2 amide bonds. The van der Waals surface area contributed by atoms with Gasteiger partial charge in [-0.3, -0.25) is 27.7 Å². The van der Waals surface area contributed by atoms with Crippen molar-refractivity contribution in [2.24, 2.45) is 5.41 Å². The number of nitrogen functional groups attached to an aromatic ring is 1. The van der Waals surface area contributed by atoms with E-state index < -0.39 is 78.6 Å². The van der Waals surface area contributed by atoms with Gasteiger partial charge in [-0.25, -0.2) is 28.6 Å². The molecule has 7 atom stereocenters. The molecule has 3 rings (SSSR count). The molecule has 2 aromatic heterocycles. The number of nitrogens with zero attached hydrogens (tertiary/aromatic N) is 4. The maximum absolute atomic E-state index is 12.6. The number of hydrogen-bond donors (Lipinski definition) is 9. The van der Waals surface area contributed by atoms with E-state index in [1.807, 2.05) is 6.92 Å². The van der Waals surface area contributed by atoms with Gasteiger partial charge in [0, 0.05) is 30.7 Å². The lowest BCUT2D eigenvalue weighted by Gasteiger charge is -2.30. The van der Waals surface area contributed by atoms with Crippen LogP contribution < -0.4 is 16.4 Å². The molecule has 1 aliphatic heterocycles. The summed E-state index contributed by atoms with van der Waals surface area (Å²) >= 11 is 1.64. The van der Waals surface area contributed by atoms with Crippen LogP contribution in [-0.2, 0) is 45.9 Å². The van der Waals surface area contributed by atoms with Crippen molar-refractivity contribution in [1.82, 2.24) is 30.2 Å². The number of phosphoric acid groups is 3. The van der Waals surface area contributed by atoms with Crippen molar-refractivity contribution in [3.05, 3.63) is 12.7 Å². The van der Waals surface area contributed by atoms with Gasteiger partial charge in [0.2, 0.25) is 11.8 Å². The Hall–Kier alpha value is -2.11. The number of nitrogens with one attached hydrogen (secondary N) is 2. The molecular weight excluding hydrogens is 755 g/mol. The number of phosphoric ester groups is 3. The van der Waals surface area contributed by atoms with E-state index in [1.54, 1.807) is 11.8 Å². The Labute approximate surface area is 289 Å². The fourth-order valence-electron chi connectivity index (χ4n) is 4.35. The van der Waals surface area contributed by atoms with Gasteiger partial charge >= 0.3 is 23.5 Å². The average Bonchev–Trinajstić information content (AvgIpc) is 3.57. The molecule has 284 valence electrons. The monoisotopic (exact) mass is 795 g/mol. The number of anilines is 1. The Balaban J connectivity index is 1.57. The number of aromatic nitrogens is 4. The minimum absolute atomic E-state index is 0.0343. The highest BCUT2D eigenvalue weighted by molar-refractivity contribution is 7.99. The molecular formula is C23H40N7O16P3S. The van der Waals surface area contributed by atoms with Gasteiger partial charge in [-0.1, -0.05) is 20.8 Å². The van der Waals surface area contributed by atoms with E-state index in [9.17, 15) is 53.1 Å². The summed E-state index contributed by atoms with van der Waals surface area (Å²) in [7, 11) is -16.3. The first kappa shape index (κ1) is 42.3. The van der Waals surface area contributed by atoms with Gasteiger partial charge in [-0.2, -0.15) is 16.1 Å². The van der Waals surface area contributed by atoms with Crippen LogP contribution in [0, 0.1) is 5.41 Å². The Bertz CT molecular complexity index is 1630. The van der Waals surface area contributed by atoms with Crippen molar-refractivity contribution in [2.75, 3.05) is 43.5 Å². The largest absolute Gasteiger partial charge is 0.481 e. The summed E-state index contributed by atoms with van der Waals surface area (Å²) in [6.07, 6.45) is -6.69. The summed E-state index contributed by atoms with van der Waals surface area (Å²) in [6.45, 7) is 2.90. The van der Waals surface area contributed by atoms with Crippen molar-refractivity contribution in [3.63, 3.8) is 0 Å². The molecule has 3 unspecified atom stereocenters. The summed E-state index contributed by atoms with van der Waals surface area (Å²) in [4.78, 5) is 75.1. The van der Waals surface area contributed by atoms with E-state index in [-0.39, 0.29) is 35.9 Å². The second-order valence-electron chi connectivity index (χ2n) is 11.3. The molecule has 0 aromatic carbocycles. The fourth-order valence-corrected chi connectivity index (χ4v) is 7.71. The van der Waals surface area contributed by atoms with Crippen molar-refractivity contribution >= 4 is 64.0 Å². The topological polar surface area (TPSA) is 347 Å². The zero-order chi connectivity index (χ0) is 37.5. The van der Waals surface area contributed by atoms with Crippen LogP contribution in [0.25, 0.3) is 11.2 Å². The SMILES string of the molecule is CCSCCNC(=O)CCNC(=O)C(O)C(C)(C)COP(=O)(O)OP(=O)(O)OC[C@H]1O[C@@H](n2cnc3c(N)ncnc32)[C@H](O)[C@@H]1OP(=O)(O)O. The Morgan fingerprint density at radius 1 is 1.10 bits per heavy atom. The summed E-state index contributed by atoms with van der Waals surface area (Å²) < 4.78 is 61.9. The third-order valence-corrected chi connectivity index (χ3v) is 10.9. The lowest BCUT2D eigenvalue weighted by Crippen LogP contribution is -2.46. The molecule has 1 saturated heterocycles. The number of rotatable bonds is 20. The van der Waals surface area contributed by atoms with Crippen LogP contribution in [0.2, 0.25) is 0 Å². The quantitative estimate of drug-likeness (QED) is 0.0582. The van der Waals surface area contributed by atoms with Gasteiger partial charge in [-0.15, -0.1) is 0 Å².